The van der Waals surface area contributed by atoms with Crippen LogP contribution in [0.5, 0.6) is 0 Å². The first kappa shape index (κ1) is 8.74. The molecule has 0 aliphatic heterocycles. The summed E-state index contributed by atoms with van der Waals surface area (Å²) in [7, 11) is 1.34. The second-order valence-electron chi connectivity index (χ2n) is 1.53. The molecule has 0 amide bonds. The van der Waals surface area contributed by atoms with Gasteiger partial charge in [0, 0.05) is 21.2 Å². The smallest absolute Gasteiger partial charge is 0.205 e. The number of nitrogens with zero attached hydrogens (tertiary/aromatic N) is 2. The number of hydrogen-bond donors (Lipinski definition) is 0. The molecule has 0 aliphatic carbocycles. The van der Waals surface area contributed by atoms with Gasteiger partial charge in [-0.1, -0.05) is 0 Å². The number of hydrogen-bond acceptors (Lipinski definition) is 3. The topological polar surface area (TPSA) is 25.8 Å². The van der Waals surface area contributed by atoms with Crippen LogP contribution in [0.2, 0.25) is 0 Å². The van der Waals surface area contributed by atoms with E-state index in [0.717, 1.165) is 12.4 Å². The van der Waals surface area contributed by atoms with Crippen LogP contribution in [0.15, 0.2) is 12.4 Å². The molecule has 0 spiro atoms. The van der Waals surface area contributed by atoms with E-state index in [1.807, 2.05) is 21.2 Å². The summed E-state index contributed by atoms with van der Waals surface area (Å²) in [6.45, 7) is 0. The normalized spacial score (nSPS) is 8.55. The summed E-state index contributed by atoms with van der Waals surface area (Å²) in [5.41, 5.74) is 0. The van der Waals surface area contributed by atoms with Crippen LogP contribution in [0.4, 0.5) is 4.39 Å². The van der Waals surface area contributed by atoms with Crippen LogP contribution >= 0.6 is 30.1 Å². The van der Waals surface area contributed by atoms with Crippen LogP contribution in [-0.2, 0) is 0 Å². The highest BCUT2D eigenvalue weighted by atomic mass is 127. The molecule has 0 N–H and O–H groups in total. The van der Waals surface area contributed by atoms with Crippen molar-refractivity contribution in [2.45, 2.75) is 0 Å². The predicted molar refractivity (Wildman–Crippen MR) is 50.5 cm³/mol. The van der Waals surface area contributed by atoms with Gasteiger partial charge >= 0.3 is 0 Å². The largest absolute Gasteiger partial charge is 0.226 e. The Kier molecular flexibility index (Phi) is 3.59. The van der Waals surface area contributed by atoms with E-state index in [2.05, 4.69) is 21.1 Å². The minimum Gasteiger partial charge on any atom is -0.226 e. The Morgan fingerprint density at radius 3 is 2.64 bits per heavy atom. The SMILES string of the molecule is Fc1cnc(C#CSI)nc1. The Hall–Kier alpha value is -0.350. The molecule has 1 aromatic rings. The van der Waals surface area contributed by atoms with Gasteiger partial charge in [-0.25, -0.2) is 14.4 Å². The van der Waals surface area contributed by atoms with Gasteiger partial charge in [-0.3, -0.25) is 0 Å². The summed E-state index contributed by atoms with van der Waals surface area (Å²) in [6, 6.07) is 0. The molecule has 56 valence electrons. The van der Waals surface area contributed by atoms with Gasteiger partial charge < -0.3 is 0 Å². The Bertz CT molecular complexity index is 290. The lowest BCUT2D eigenvalue weighted by Crippen LogP contribution is -1.87. The third-order valence-corrected chi connectivity index (χ3v) is 1.66. The molecule has 0 fully saturated rings. The molecule has 5 heteroatoms. The van der Waals surface area contributed by atoms with Crippen molar-refractivity contribution in [1.29, 1.82) is 0 Å². The molecule has 0 saturated carbocycles. The van der Waals surface area contributed by atoms with Crippen LogP contribution < -0.4 is 0 Å². The lowest BCUT2D eigenvalue weighted by atomic mass is 10.5. The van der Waals surface area contributed by atoms with Crippen molar-refractivity contribution in [3.05, 3.63) is 24.0 Å². The average molecular weight is 280 g/mol. The number of aromatic nitrogens is 2. The molecule has 2 nitrogen and oxygen atoms in total. The highest BCUT2D eigenvalue weighted by molar-refractivity contribution is 14.2. The predicted octanol–water partition coefficient (Wildman–Crippen LogP) is 2.01. The van der Waals surface area contributed by atoms with Gasteiger partial charge in [0.2, 0.25) is 5.82 Å². The zero-order valence-corrected chi connectivity index (χ0v) is 8.19. The second-order valence-corrected chi connectivity index (χ2v) is 3.21. The van der Waals surface area contributed by atoms with Crippen LogP contribution in [0.1, 0.15) is 5.82 Å². The minimum absolute atomic E-state index is 0.343. The Labute approximate surface area is 79.6 Å². The molecule has 1 heterocycles. The maximum atomic E-state index is 12.2. The first-order chi connectivity index (χ1) is 5.33. The van der Waals surface area contributed by atoms with E-state index in [4.69, 9.17) is 0 Å². The monoisotopic (exact) mass is 280 g/mol. The molecule has 11 heavy (non-hydrogen) atoms. The fourth-order valence-electron chi connectivity index (χ4n) is 0.442. The zero-order valence-electron chi connectivity index (χ0n) is 5.21. The lowest BCUT2D eigenvalue weighted by molar-refractivity contribution is 0.612. The van der Waals surface area contributed by atoms with E-state index in [0.29, 0.717) is 5.82 Å². The van der Waals surface area contributed by atoms with Crippen molar-refractivity contribution < 1.29 is 4.39 Å². The second kappa shape index (κ2) is 4.51. The van der Waals surface area contributed by atoms with Crippen molar-refractivity contribution in [3.8, 4) is 11.2 Å². The molecule has 1 rings (SSSR count). The molecule has 0 atom stereocenters. The Balaban J connectivity index is 2.82. The van der Waals surface area contributed by atoms with Gasteiger partial charge in [0.25, 0.3) is 0 Å². The van der Waals surface area contributed by atoms with Crippen molar-refractivity contribution in [2.24, 2.45) is 0 Å². The summed E-state index contributed by atoms with van der Waals surface area (Å²) in [4.78, 5) is 7.28. The molecule has 0 aromatic carbocycles. The number of halogens is 2. The van der Waals surface area contributed by atoms with Crippen LogP contribution in [-0.4, -0.2) is 9.97 Å². The molecular weight excluding hydrogens is 278 g/mol. The van der Waals surface area contributed by atoms with E-state index < -0.39 is 5.82 Å². The lowest BCUT2D eigenvalue weighted by Gasteiger charge is -1.85. The summed E-state index contributed by atoms with van der Waals surface area (Å²) in [6.07, 6.45) is 2.18. The van der Waals surface area contributed by atoms with E-state index in [1.165, 1.54) is 8.93 Å². The Morgan fingerprint density at radius 2 is 2.09 bits per heavy atom. The van der Waals surface area contributed by atoms with E-state index in [9.17, 15) is 4.39 Å². The van der Waals surface area contributed by atoms with Crippen molar-refractivity contribution >= 4 is 30.1 Å². The minimum atomic E-state index is -0.447. The maximum absolute atomic E-state index is 12.2. The first-order valence-electron chi connectivity index (χ1n) is 2.59. The van der Waals surface area contributed by atoms with Crippen molar-refractivity contribution in [1.82, 2.24) is 9.97 Å². The van der Waals surface area contributed by atoms with Gasteiger partial charge in [-0.2, -0.15) is 0 Å². The van der Waals surface area contributed by atoms with E-state index in [1.54, 1.807) is 0 Å². The van der Waals surface area contributed by atoms with Crippen LogP contribution in [0.3, 0.4) is 0 Å². The maximum Gasteiger partial charge on any atom is 0.205 e. The number of rotatable bonds is 0. The third kappa shape index (κ3) is 3.03. The highest BCUT2D eigenvalue weighted by Gasteiger charge is 1.90. The molecule has 0 saturated heterocycles. The summed E-state index contributed by atoms with van der Waals surface area (Å²) >= 11 is 2.03. The van der Waals surface area contributed by atoms with Crippen LogP contribution in [0, 0.1) is 17.0 Å². The van der Waals surface area contributed by atoms with Crippen LogP contribution in [0.25, 0.3) is 0 Å². The quantitative estimate of drug-likeness (QED) is 0.537. The molecular formula is C6H2FIN2S. The van der Waals surface area contributed by atoms with Gasteiger partial charge in [-0.05, 0) is 20.1 Å². The van der Waals surface area contributed by atoms with E-state index >= 15 is 0 Å². The first-order valence-corrected chi connectivity index (χ1v) is 5.95. The van der Waals surface area contributed by atoms with E-state index in [-0.39, 0.29) is 0 Å². The average Bonchev–Trinajstić information content (AvgIpc) is 2.04. The van der Waals surface area contributed by atoms with Gasteiger partial charge in [-0.15, -0.1) is 0 Å². The zero-order chi connectivity index (χ0) is 8.10. The van der Waals surface area contributed by atoms with Crippen molar-refractivity contribution in [3.63, 3.8) is 0 Å². The summed E-state index contributed by atoms with van der Waals surface area (Å²) in [5.74, 6) is 2.53. The fourth-order valence-corrected chi connectivity index (χ4v) is 0.902. The molecule has 0 radical (unpaired) electrons. The fraction of sp³-hybridized carbons (Fsp3) is 0. The molecule has 1 aromatic heterocycles. The van der Waals surface area contributed by atoms with Crippen molar-refractivity contribution in [2.75, 3.05) is 0 Å². The highest BCUT2D eigenvalue weighted by Crippen LogP contribution is 2.06. The molecule has 0 aliphatic rings. The molecule has 0 unspecified atom stereocenters. The summed E-state index contributed by atoms with van der Waals surface area (Å²) < 4.78 is 12.2. The van der Waals surface area contributed by atoms with Gasteiger partial charge in [0.1, 0.15) is 0 Å². The standard InChI is InChI=1S/C6H2FIN2S/c7-5-3-9-6(10-4-5)1-2-11-8/h3-4H. The third-order valence-electron chi connectivity index (χ3n) is 0.822. The Morgan fingerprint density at radius 1 is 1.45 bits per heavy atom. The summed E-state index contributed by atoms with van der Waals surface area (Å²) in [5, 5.41) is 2.69. The van der Waals surface area contributed by atoms with Gasteiger partial charge in [0.15, 0.2) is 5.82 Å². The van der Waals surface area contributed by atoms with Gasteiger partial charge in [0.05, 0.1) is 12.4 Å². The molecule has 0 bridgehead atoms.